The van der Waals surface area contributed by atoms with E-state index in [2.05, 4.69) is 61.5 Å². The number of aromatic amines is 2. The normalized spacial score (nSPS) is 14.9. The van der Waals surface area contributed by atoms with Gasteiger partial charge in [-0.25, -0.2) is 14.8 Å². The fraction of sp³-hybridized carbons (Fsp3) is 0.383. The molecular formula is C47H57N7O4. The van der Waals surface area contributed by atoms with Crippen molar-refractivity contribution >= 4 is 29.4 Å². The van der Waals surface area contributed by atoms with E-state index in [1.54, 1.807) is 24.8 Å². The molecule has 304 valence electrons. The molecule has 11 heteroatoms. The van der Waals surface area contributed by atoms with Crippen LogP contribution >= 0.6 is 0 Å². The second-order valence-corrected chi connectivity index (χ2v) is 15.0. The number of rotatable bonds is 19. The molecule has 2 aliphatic rings. The first-order chi connectivity index (χ1) is 28.5. The minimum Gasteiger partial charge on any atom is -0.478 e. The molecule has 0 radical (unpaired) electrons. The number of carbonyl (C=O) groups is 2. The van der Waals surface area contributed by atoms with Gasteiger partial charge in [-0.1, -0.05) is 118 Å². The summed E-state index contributed by atoms with van der Waals surface area (Å²) in [5, 5.41) is 16.3. The molecule has 1 atom stereocenters. The number of hydrogen-bond donors (Lipinski definition) is 4. The third kappa shape index (κ3) is 12.3. The van der Waals surface area contributed by atoms with E-state index in [4.69, 9.17) is 9.82 Å². The third-order valence-electron chi connectivity index (χ3n) is 10.6. The first-order valence-electron chi connectivity index (χ1n) is 21.0. The predicted molar refractivity (Wildman–Crippen MR) is 232 cm³/mol. The van der Waals surface area contributed by atoms with E-state index in [0.717, 1.165) is 71.0 Å². The smallest absolute Gasteiger partial charge is 0.348 e. The number of hydrogen-bond acceptors (Lipinski definition) is 7. The van der Waals surface area contributed by atoms with Gasteiger partial charge in [0.2, 0.25) is 12.0 Å². The summed E-state index contributed by atoms with van der Waals surface area (Å²) in [6.45, 7) is 5.14. The van der Waals surface area contributed by atoms with Crippen LogP contribution in [0.2, 0.25) is 0 Å². The van der Waals surface area contributed by atoms with E-state index in [1.807, 2.05) is 54.6 Å². The summed E-state index contributed by atoms with van der Waals surface area (Å²) in [5.74, 6) is -0.321. The molecule has 0 bridgehead atoms. The average molecular weight is 784 g/mol. The lowest BCUT2D eigenvalue weighted by molar-refractivity contribution is -0.148. The number of unbranched alkanes of at least 4 members (excludes halogenated alkanes) is 9. The lowest BCUT2D eigenvalue weighted by atomic mass is 10.00. The number of nitrogens with zero attached hydrogens (tertiary/aromatic N) is 4. The molecule has 5 aromatic rings. The van der Waals surface area contributed by atoms with Crippen LogP contribution in [0.3, 0.4) is 0 Å². The number of carboxylic acid groups (broad SMARTS) is 1. The van der Waals surface area contributed by atoms with Crippen molar-refractivity contribution in [1.29, 1.82) is 0 Å². The van der Waals surface area contributed by atoms with Crippen molar-refractivity contribution in [3.05, 3.63) is 109 Å². The standard InChI is InChI=1S/C44H53N5O4.C3H4N2/c1-2-3-4-5-6-7-8-9-10-11-28-45-40(50)27-16-32-14-17-34(18-15-32)41-42(35-21-19-33(20-22-35)38-31-39(44(51)52)53-48-38)47-43(46-41)36-23-25-37(26-24-36)49-29-12-13-30-49;1-2-5-3-4-1/h14-27,39H,2-13,28-31H2,1H3,(H,45,50)(H,46,47)(H,51,52);1-3H,(H,4,5)/b27-16+;. The third-order valence-corrected chi connectivity index (χ3v) is 10.6. The van der Waals surface area contributed by atoms with Gasteiger partial charge in [0.05, 0.1) is 23.4 Å². The number of aromatic nitrogens is 4. The SMILES string of the molecule is CCCCCCCCCCCCNC(=O)/C=C/c1ccc(-c2[nH]c(-c3ccc(N4CCCC4)cc3)nc2-c2ccc(C3=NOC(C(=O)O)C3)cc2)cc1.c1c[nH]cn1. The molecule has 1 saturated heterocycles. The fourth-order valence-electron chi connectivity index (χ4n) is 7.26. The summed E-state index contributed by atoms with van der Waals surface area (Å²) in [7, 11) is 0. The molecule has 3 aromatic carbocycles. The zero-order chi connectivity index (χ0) is 40.4. The van der Waals surface area contributed by atoms with Crippen molar-refractivity contribution in [3.8, 4) is 33.9 Å². The number of nitrogens with one attached hydrogen (secondary N) is 3. The number of carboxylic acids is 1. The van der Waals surface area contributed by atoms with E-state index in [9.17, 15) is 14.7 Å². The van der Waals surface area contributed by atoms with Crippen molar-refractivity contribution in [2.24, 2.45) is 5.16 Å². The lowest BCUT2D eigenvalue weighted by Crippen LogP contribution is -2.21. The van der Waals surface area contributed by atoms with Crippen LogP contribution in [0.5, 0.6) is 0 Å². The number of oxime groups is 1. The van der Waals surface area contributed by atoms with Gasteiger partial charge in [-0.15, -0.1) is 0 Å². The number of H-pyrrole nitrogens is 2. The van der Waals surface area contributed by atoms with Crippen LogP contribution in [0.25, 0.3) is 40.0 Å². The summed E-state index contributed by atoms with van der Waals surface area (Å²) in [6.07, 6.45) is 23.0. The highest BCUT2D eigenvalue weighted by Gasteiger charge is 2.28. The highest BCUT2D eigenvalue weighted by Crippen LogP contribution is 2.34. The number of imidazole rings is 2. The highest BCUT2D eigenvalue weighted by atomic mass is 16.7. The van der Waals surface area contributed by atoms with Crippen LogP contribution in [0.15, 0.2) is 103 Å². The first kappa shape index (κ1) is 41.7. The van der Waals surface area contributed by atoms with Gasteiger partial charge in [0, 0.05) is 66.9 Å². The van der Waals surface area contributed by atoms with E-state index >= 15 is 0 Å². The molecule has 1 fully saturated rings. The molecule has 2 aromatic heterocycles. The number of benzene rings is 3. The summed E-state index contributed by atoms with van der Waals surface area (Å²) >= 11 is 0. The van der Waals surface area contributed by atoms with Gasteiger partial charge in [-0.2, -0.15) is 0 Å². The maximum Gasteiger partial charge on any atom is 0.348 e. The first-order valence-corrected chi connectivity index (χ1v) is 21.0. The molecule has 7 rings (SSSR count). The Morgan fingerprint density at radius 2 is 1.47 bits per heavy atom. The quantitative estimate of drug-likeness (QED) is 0.0481. The van der Waals surface area contributed by atoms with Crippen molar-refractivity contribution < 1.29 is 19.5 Å². The Hall–Kier alpha value is -5.97. The van der Waals surface area contributed by atoms with Crippen LogP contribution in [0.4, 0.5) is 5.69 Å². The molecule has 58 heavy (non-hydrogen) atoms. The highest BCUT2D eigenvalue weighted by molar-refractivity contribution is 6.03. The molecular weight excluding hydrogens is 727 g/mol. The maximum absolute atomic E-state index is 12.5. The van der Waals surface area contributed by atoms with E-state index in [-0.39, 0.29) is 12.3 Å². The second kappa shape index (κ2) is 22.1. The largest absolute Gasteiger partial charge is 0.478 e. The molecule has 0 spiro atoms. The Morgan fingerprint density at radius 1 is 0.828 bits per heavy atom. The topological polar surface area (TPSA) is 149 Å². The summed E-state index contributed by atoms with van der Waals surface area (Å²) in [6, 6.07) is 24.5. The number of amides is 1. The molecule has 4 heterocycles. The Bertz CT molecular complexity index is 2030. The second-order valence-electron chi connectivity index (χ2n) is 15.0. The number of aliphatic carboxylic acids is 1. The van der Waals surface area contributed by atoms with E-state index in [0.29, 0.717) is 12.3 Å². The van der Waals surface area contributed by atoms with Gasteiger partial charge < -0.3 is 30.1 Å². The van der Waals surface area contributed by atoms with Gasteiger partial charge in [0.1, 0.15) is 5.82 Å². The van der Waals surface area contributed by atoms with Gasteiger partial charge in [-0.05, 0) is 60.7 Å². The molecule has 1 amide bonds. The van der Waals surface area contributed by atoms with E-state index in [1.165, 1.54) is 69.9 Å². The van der Waals surface area contributed by atoms with Crippen LogP contribution < -0.4 is 10.2 Å². The molecule has 2 aliphatic heterocycles. The average Bonchev–Trinajstić information content (AvgIpc) is 4.11. The minimum absolute atomic E-state index is 0.0710. The lowest BCUT2D eigenvalue weighted by Gasteiger charge is -2.17. The van der Waals surface area contributed by atoms with Crippen LogP contribution in [0, 0.1) is 0 Å². The van der Waals surface area contributed by atoms with Crippen molar-refractivity contribution in [3.63, 3.8) is 0 Å². The van der Waals surface area contributed by atoms with Crippen molar-refractivity contribution in [2.45, 2.75) is 96.5 Å². The Balaban J connectivity index is 0.00000105. The zero-order valence-electron chi connectivity index (χ0n) is 33.7. The summed E-state index contributed by atoms with van der Waals surface area (Å²) < 4.78 is 0. The number of anilines is 1. The van der Waals surface area contributed by atoms with Crippen LogP contribution in [-0.2, 0) is 14.4 Å². The zero-order valence-corrected chi connectivity index (χ0v) is 33.7. The maximum atomic E-state index is 12.5. The molecule has 1 unspecified atom stereocenters. The molecule has 0 aliphatic carbocycles. The van der Waals surface area contributed by atoms with Gasteiger partial charge in [0.25, 0.3) is 0 Å². The molecule has 4 N–H and O–H groups in total. The van der Waals surface area contributed by atoms with E-state index < -0.39 is 12.1 Å². The van der Waals surface area contributed by atoms with Gasteiger partial charge >= 0.3 is 5.97 Å². The predicted octanol–water partition coefficient (Wildman–Crippen LogP) is 10.0. The van der Waals surface area contributed by atoms with Crippen LogP contribution in [0.1, 0.15) is 102 Å². The van der Waals surface area contributed by atoms with Gasteiger partial charge in [-0.3, -0.25) is 4.79 Å². The Kier molecular flexibility index (Phi) is 15.9. The van der Waals surface area contributed by atoms with Crippen molar-refractivity contribution in [2.75, 3.05) is 24.5 Å². The number of carbonyl (C=O) groups excluding carboxylic acids is 1. The monoisotopic (exact) mass is 783 g/mol. The van der Waals surface area contributed by atoms with Gasteiger partial charge in [0.15, 0.2) is 0 Å². The van der Waals surface area contributed by atoms with Crippen LogP contribution in [-0.4, -0.2) is 68.4 Å². The Labute approximate surface area is 342 Å². The molecule has 0 saturated carbocycles. The summed E-state index contributed by atoms with van der Waals surface area (Å²) in [4.78, 5) is 46.5. The fourth-order valence-corrected chi connectivity index (χ4v) is 7.26. The van der Waals surface area contributed by atoms with Crippen molar-refractivity contribution in [1.82, 2.24) is 25.3 Å². The minimum atomic E-state index is -1.02. The Morgan fingerprint density at radius 3 is 2.07 bits per heavy atom. The molecule has 11 nitrogen and oxygen atoms in total. The summed E-state index contributed by atoms with van der Waals surface area (Å²) in [5.41, 5.74) is 8.16.